The number of halogens is 1. The highest BCUT2D eigenvalue weighted by Gasteiger charge is 2.30. The van der Waals surface area contributed by atoms with Gasteiger partial charge in [-0.3, -0.25) is 9.59 Å². The average Bonchev–Trinajstić information content (AvgIpc) is 3.20. The van der Waals surface area contributed by atoms with Crippen molar-refractivity contribution < 1.29 is 18.4 Å². The van der Waals surface area contributed by atoms with Gasteiger partial charge in [-0.15, -0.1) is 0 Å². The van der Waals surface area contributed by atoms with E-state index in [-0.39, 0.29) is 23.5 Å². The number of carbonyl (C=O) groups excluding carboxylic acids is 2. The summed E-state index contributed by atoms with van der Waals surface area (Å²) in [6.07, 6.45) is 3.01. The minimum Gasteiger partial charge on any atom is -0.469 e. The molecule has 1 aromatic heterocycles. The van der Waals surface area contributed by atoms with Crippen LogP contribution < -0.4 is 5.32 Å². The summed E-state index contributed by atoms with van der Waals surface area (Å²) in [6, 6.07) is 15.4. The van der Waals surface area contributed by atoms with Crippen molar-refractivity contribution in [3.05, 3.63) is 78.0 Å². The van der Waals surface area contributed by atoms with Crippen LogP contribution in [-0.2, 0) is 4.79 Å². The predicted molar refractivity (Wildman–Crippen MR) is 113 cm³/mol. The number of aryl methyl sites for hydroxylation is 1. The molecule has 1 N–H and O–H groups in total. The van der Waals surface area contributed by atoms with Crippen LogP contribution in [0.25, 0.3) is 11.1 Å². The van der Waals surface area contributed by atoms with E-state index in [1.807, 2.05) is 24.3 Å². The first-order chi connectivity index (χ1) is 14.5. The number of hydrogen-bond acceptors (Lipinski definition) is 3. The molecule has 2 aromatic carbocycles. The van der Waals surface area contributed by atoms with Crippen molar-refractivity contribution in [1.29, 1.82) is 0 Å². The Bertz CT molecular complexity index is 1060. The summed E-state index contributed by atoms with van der Waals surface area (Å²) in [5, 5.41) is 2.97. The average molecular weight is 406 g/mol. The summed E-state index contributed by atoms with van der Waals surface area (Å²) in [7, 11) is 0. The number of carbonyl (C=O) groups is 2. The summed E-state index contributed by atoms with van der Waals surface area (Å²) in [6.45, 7) is 2.77. The zero-order valence-electron chi connectivity index (χ0n) is 16.7. The van der Waals surface area contributed by atoms with Gasteiger partial charge in [-0.1, -0.05) is 24.3 Å². The van der Waals surface area contributed by atoms with Crippen molar-refractivity contribution in [1.82, 2.24) is 4.90 Å². The fourth-order valence-electron chi connectivity index (χ4n) is 3.82. The van der Waals surface area contributed by atoms with Crippen molar-refractivity contribution >= 4 is 17.5 Å². The second-order valence-electron chi connectivity index (χ2n) is 7.56. The van der Waals surface area contributed by atoms with Gasteiger partial charge in [-0.05, 0) is 61.2 Å². The smallest absolute Gasteiger partial charge is 0.257 e. The molecule has 6 heteroatoms. The van der Waals surface area contributed by atoms with Gasteiger partial charge in [0.05, 0.1) is 17.7 Å². The molecule has 1 aliphatic heterocycles. The highest BCUT2D eigenvalue weighted by Crippen LogP contribution is 2.25. The Balaban J connectivity index is 1.43. The number of furan rings is 1. The molecule has 1 aliphatic rings. The van der Waals surface area contributed by atoms with Crippen LogP contribution in [0.2, 0.25) is 0 Å². The van der Waals surface area contributed by atoms with Gasteiger partial charge in [0.15, 0.2) is 0 Å². The molecular formula is C24H23FN2O3. The lowest BCUT2D eigenvalue weighted by Crippen LogP contribution is -2.43. The second kappa shape index (κ2) is 8.53. The number of benzene rings is 2. The highest BCUT2D eigenvalue weighted by atomic mass is 19.1. The molecule has 1 fully saturated rings. The van der Waals surface area contributed by atoms with E-state index < -0.39 is 0 Å². The van der Waals surface area contributed by atoms with E-state index in [9.17, 15) is 14.0 Å². The maximum absolute atomic E-state index is 13.2. The third-order valence-corrected chi connectivity index (χ3v) is 5.48. The van der Waals surface area contributed by atoms with Gasteiger partial charge >= 0.3 is 0 Å². The molecule has 0 radical (unpaired) electrons. The van der Waals surface area contributed by atoms with Crippen LogP contribution in [0.3, 0.4) is 0 Å². The Morgan fingerprint density at radius 2 is 1.90 bits per heavy atom. The first kappa shape index (κ1) is 19.9. The van der Waals surface area contributed by atoms with Gasteiger partial charge in [0, 0.05) is 18.8 Å². The Labute approximate surface area is 174 Å². The standard InChI is InChI=1S/C24H23FN2O3/c1-16-22(11-13-30-16)24(29)27-12-3-5-19(15-27)23(28)26-21-6-2-4-18(14-21)17-7-9-20(25)10-8-17/h2,4,6-11,13-14,19H,3,5,12,15H2,1H3,(H,26,28)/t19-/m0/s1. The third-order valence-electron chi connectivity index (χ3n) is 5.48. The van der Waals surface area contributed by atoms with E-state index in [0.717, 1.165) is 24.0 Å². The zero-order valence-corrected chi connectivity index (χ0v) is 16.7. The van der Waals surface area contributed by atoms with Gasteiger partial charge in [-0.25, -0.2) is 4.39 Å². The topological polar surface area (TPSA) is 62.6 Å². The lowest BCUT2D eigenvalue weighted by Gasteiger charge is -2.32. The minimum atomic E-state index is -0.287. The van der Waals surface area contributed by atoms with Crippen LogP contribution in [0, 0.1) is 18.7 Å². The number of rotatable bonds is 4. The summed E-state index contributed by atoms with van der Waals surface area (Å²) in [5.74, 6) is -0.177. The number of amides is 2. The Morgan fingerprint density at radius 3 is 2.63 bits per heavy atom. The van der Waals surface area contributed by atoms with E-state index in [4.69, 9.17) is 4.42 Å². The SMILES string of the molecule is Cc1occc1C(=O)N1CCC[C@H](C(=O)Nc2cccc(-c3ccc(F)cc3)c2)C1. The lowest BCUT2D eigenvalue weighted by atomic mass is 9.96. The summed E-state index contributed by atoms with van der Waals surface area (Å²) in [4.78, 5) is 27.3. The molecule has 2 heterocycles. The minimum absolute atomic E-state index is 0.0999. The summed E-state index contributed by atoms with van der Waals surface area (Å²) in [5.41, 5.74) is 2.99. The Kier molecular flexibility index (Phi) is 5.65. The Morgan fingerprint density at radius 1 is 1.10 bits per heavy atom. The Hall–Kier alpha value is -3.41. The van der Waals surface area contributed by atoms with Crippen LogP contribution in [0.15, 0.2) is 65.3 Å². The summed E-state index contributed by atoms with van der Waals surface area (Å²) >= 11 is 0. The molecule has 0 bridgehead atoms. The highest BCUT2D eigenvalue weighted by molar-refractivity contribution is 5.97. The number of anilines is 1. The van der Waals surface area contributed by atoms with Crippen LogP contribution in [-0.4, -0.2) is 29.8 Å². The molecule has 0 unspecified atom stereocenters. The fourth-order valence-corrected chi connectivity index (χ4v) is 3.82. The van der Waals surface area contributed by atoms with Gasteiger partial charge in [-0.2, -0.15) is 0 Å². The first-order valence-electron chi connectivity index (χ1n) is 10.0. The molecule has 5 nitrogen and oxygen atoms in total. The number of hydrogen-bond donors (Lipinski definition) is 1. The van der Waals surface area contributed by atoms with Crippen molar-refractivity contribution in [2.75, 3.05) is 18.4 Å². The number of piperidine rings is 1. The molecule has 0 spiro atoms. The quantitative estimate of drug-likeness (QED) is 0.671. The first-order valence-corrected chi connectivity index (χ1v) is 10.0. The number of nitrogens with one attached hydrogen (secondary N) is 1. The zero-order chi connectivity index (χ0) is 21.1. The van der Waals surface area contributed by atoms with Gasteiger partial charge in [0.1, 0.15) is 11.6 Å². The summed E-state index contributed by atoms with van der Waals surface area (Å²) < 4.78 is 18.4. The molecule has 1 saturated heterocycles. The largest absolute Gasteiger partial charge is 0.469 e. The van der Waals surface area contributed by atoms with Crippen molar-refractivity contribution in [2.24, 2.45) is 5.92 Å². The molecule has 30 heavy (non-hydrogen) atoms. The molecule has 0 saturated carbocycles. The molecule has 1 atom stereocenters. The predicted octanol–water partition coefficient (Wildman–Crippen LogP) is 4.89. The van der Waals surface area contributed by atoms with Crippen LogP contribution >= 0.6 is 0 Å². The van der Waals surface area contributed by atoms with E-state index >= 15 is 0 Å². The van der Waals surface area contributed by atoms with Gasteiger partial charge < -0.3 is 14.6 Å². The third kappa shape index (κ3) is 4.27. The van der Waals surface area contributed by atoms with Crippen LogP contribution in [0.1, 0.15) is 29.0 Å². The monoisotopic (exact) mass is 406 g/mol. The molecule has 2 amide bonds. The van der Waals surface area contributed by atoms with E-state index in [1.165, 1.54) is 18.4 Å². The molecule has 154 valence electrons. The van der Waals surface area contributed by atoms with Crippen molar-refractivity contribution in [3.8, 4) is 11.1 Å². The molecule has 4 rings (SSSR count). The molecule has 0 aliphatic carbocycles. The normalized spacial score (nSPS) is 16.3. The second-order valence-corrected chi connectivity index (χ2v) is 7.56. The van der Waals surface area contributed by atoms with Gasteiger partial charge in [0.25, 0.3) is 5.91 Å². The maximum atomic E-state index is 13.2. The molecular weight excluding hydrogens is 383 g/mol. The molecule has 3 aromatic rings. The fraction of sp³-hybridized carbons (Fsp3) is 0.250. The number of nitrogens with zero attached hydrogens (tertiary/aromatic N) is 1. The van der Waals surface area contributed by atoms with Crippen molar-refractivity contribution in [2.45, 2.75) is 19.8 Å². The van der Waals surface area contributed by atoms with Gasteiger partial charge in [0.2, 0.25) is 5.91 Å². The maximum Gasteiger partial charge on any atom is 0.257 e. The number of likely N-dealkylation sites (tertiary alicyclic amines) is 1. The van der Waals surface area contributed by atoms with Crippen LogP contribution in [0.4, 0.5) is 10.1 Å². The lowest BCUT2D eigenvalue weighted by molar-refractivity contribution is -0.121. The van der Waals surface area contributed by atoms with E-state index in [1.54, 1.807) is 30.0 Å². The van der Waals surface area contributed by atoms with Crippen molar-refractivity contribution in [3.63, 3.8) is 0 Å². The van der Waals surface area contributed by atoms with E-state index in [0.29, 0.717) is 30.1 Å². The van der Waals surface area contributed by atoms with Crippen LogP contribution in [0.5, 0.6) is 0 Å². The van der Waals surface area contributed by atoms with E-state index in [2.05, 4.69) is 5.32 Å².